The van der Waals surface area contributed by atoms with Crippen LogP contribution in [0.4, 0.5) is 30.7 Å². The number of hydrogen-bond donors (Lipinski definition) is 1. The molecule has 3 aromatic heterocycles. The summed E-state index contributed by atoms with van der Waals surface area (Å²) in [5.41, 5.74) is 0.676. The Morgan fingerprint density at radius 1 is 0.911 bits per heavy atom. The van der Waals surface area contributed by atoms with E-state index in [0.29, 0.717) is 56.7 Å². The number of carbonyl (C=O) groups is 2. The first-order chi connectivity index (χ1) is 21.7. The van der Waals surface area contributed by atoms with Crippen LogP contribution < -0.4 is 15.1 Å². The molecule has 4 aromatic rings. The number of hydrogen-bond acceptors (Lipinski definition) is 7. The number of anilines is 3. The quantitative estimate of drug-likeness (QED) is 0.307. The van der Waals surface area contributed by atoms with Gasteiger partial charge in [0.15, 0.2) is 5.69 Å². The molecule has 0 atom stereocenters. The SMILES string of the molecule is Cn1cccc1C(=O)N1CCCN(c2ccc(NC(=O)c3oc(N4CCC(c5ccccc5)CC4)nc3C(F)(F)F)cn2)CC1. The van der Waals surface area contributed by atoms with Gasteiger partial charge in [-0.15, -0.1) is 0 Å². The average Bonchev–Trinajstić information content (AvgIpc) is 3.62. The minimum atomic E-state index is -4.87. The molecule has 10 nitrogen and oxygen atoms in total. The van der Waals surface area contributed by atoms with Crippen molar-refractivity contribution in [3.63, 3.8) is 0 Å². The van der Waals surface area contributed by atoms with E-state index in [2.05, 4.69) is 15.3 Å². The molecule has 0 saturated carbocycles. The second kappa shape index (κ2) is 12.7. The molecule has 2 fully saturated rings. The molecule has 13 heteroatoms. The Morgan fingerprint density at radius 2 is 1.69 bits per heavy atom. The van der Waals surface area contributed by atoms with Crippen molar-refractivity contribution in [3.8, 4) is 0 Å². The van der Waals surface area contributed by atoms with Crippen LogP contribution in [0, 0.1) is 0 Å². The lowest BCUT2D eigenvalue weighted by Crippen LogP contribution is -2.36. The maximum Gasteiger partial charge on any atom is 0.437 e. The van der Waals surface area contributed by atoms with Gasteiger partial charge in [-0.3, -0.25) is 9.59 Å². The summed E-state index contributed by atoms with van der Waals surface area (Å²) >= 11 is 0. The van der Waals surface area contributed by atoms with Crippen LogP contribution in [0.1, 0.15) is 57.5 Å². The van der Waals surface area contributed by atoms with Crippen molar-refractivity contribution < 1.29 is 27.2 Å². The molecule has 0 aliphatic carbocycles. The average molecular weight is 622 g/mol. The standard InChI is InChI=1S/C32H34F3N7O3/c1-39-14-5-9-25(39)30(44)41-16-6-15-40(19-20-41)26-11-10-24(21-36-26)37-29(43)27-28(32(33,34)35)38-31(45-27)42-17-12-23(13-18-42)22-7-3-2-4-8-22/h2-5,7-11,14,21,23H,6,12-13,15-20H2,1H3,(H,37,43). The zero-order valence-electron chi connectivity index (χ0n) is 24.8. The van der Waals surface area contributed by atoms with Crippen LogP contribution in [0.3, 0.4) is 0 Å². The Hall–Kier alpha value is -4.81. The normalized spacial score (nSPS) is 16.5. The first-order valence-corrected chi connectivity index (χ1v) is 15.0. The highest BCUT2D eigenvalue weighted by Crippen LogP contribution is 2.36. The zero-order valence-corrected chi connectivity index (χ0v) is 24.8. The summed E-state index contributed by atoms with van der Waals surface area (Å²) < 4.78 is 49.0. The van der Waals surface area contributed by atoms with E-state index in [0.717, 1.165) is 19.3 Å². The Balaban J connectivity index is 1.09. The van der Waals surface area contributed by atoms with Gasteiger partial charge < -0.3 is 29.0 Å². The molecule has 0 spiro atoms. The third-order valence-electron chi connectivity index (χ3n) is 8.40. The van der Waals surface area contributed by atoms with Gasteiger partial charge in [-0.05, 0) is 55.0 Å². The van der Waals surface area contributed by atoms with Gasteiger partial charge in [-0.1, -0.05) is 30.3 Å². The lowest BCUT2D eigenvalue weighted by Gasteiger charge is -2.31. The van der Waals surface area contributed by atoms with Gasteiger partial charge in [0.2, 0.25) is 5.76 Å². The van der Waals surface area contributed by atoms with Gasteiger partial charge in [0.05, 0.1) is 11.9 Å². The molecule has 6 rings (SSSR count). The molecule has 2 saturated heterocycles. The number of piperidine rings is 1. The summed E-state index contributed by atoms with van der Waals surface area (Å²) in [6.07, 6.45) is 0.555. The Labute approximate surface area is 258 Å². The van der Waals surface area contributed by atoms with Gasteiger partial charge in [0.1, 0.15) is 11.5 Å². The summed E-state index contributed by atoms with van der Waals surface area (Å²) in [6.45, 7) is 3.28. The van der Waals surface area contributed by atoms with Gasteiger partial charge in [0, 0.05) is 52.5 Å². The van der Waals surface area contributed by atoms with E-state index in [1.54, 1.807) is 27.7 Å². The van der Waals surface area contributed by atoms with Crippen LogP contribution in [0.2, 0.25) is 0 Å². The van der Waals surface area contributed by atoms with E-state index in [1.807, 2.05) is 59.4 Å². The minimum absolute atomic E-state index is 0.0270. The van der Waals surface area contributed by atoms with Gasteiger partial charge in [0.25, 0.3) is 17.8 Å². The second-order valence-corrected chi connectivity index (χ2v) is 11.3. The molecule has 2 aliphatic heterocycles. The number of aryl methyl sites for hydroxylation is 1. The fraction of sp³-hybridized carbons (Fsp3) is 0.375. The van der Waals surface area contributed by atoms with E-state index in [9.17, 15) is 22.8 Å². The Kier molecular flexibility index (Phi) is 8.50. The molecule has 236 valence electrons. The largest absolute Gasteiger partial charge is 0.437 e. The van der Waals surface area contributed by atoms with Crippen LogP contribution in [0.15, 0.2) is 71.4 Å². The van der Waals surface area contributed by atoms with Crippen molar-refractivity contribution >= 4 is 29.3 Å². The number of oxazole rings is 1. The molecule has 1 aromatic carbocycles. The van der Waals surface area contributed by atoms with Gasteiger partial charge >= 0.3 is 6.18 Å². The highest BCUT2D eigenvalue weighted by Gasteiger charge is 2.42. The molecule has 0 unspecified atom stereocenters. The van der Waals surface area contributed by atoms with Crippen molar-refractivity contribution in [1.82, 2.24) is 19.4 Å². The first-order valence-electron chi connectivity index (χ1n) is 15.0. The predicted octanol–water partition coefficient (Wildman–Crippen LogP) is 5.42. The second-order valence-electron chi connectivity index (χ2n) is 11.3. The number of nitrogens with one attached hydrogen (secondary N) is 1. The van der Waals surface area contributed by atoms with Crippen molar-refractivity contribution in [3.05, 3.63) is 89.7 Å². The van der Waals surface area contributed by atoms with Crippen molar-refractivity contribution in [1.29, 1.82) is 0 Å². The monoisotopic (exact) mass is 621 g/mol. The summed E-state index contributed by atoms with van der Waals surface area (Å²) in [6, 6.07) is 16.7. The smallest absolute Gasteiger partial charge is 0.417 e. The predicted molar refractivity (Wildman–Crippen MR) is 162 cm³/mol. The summed E-state index contributed by atoms with van der Waals surface area (Å²) in [4.78, 5) is 39.6. The van der Waals surface area contributed by atoms with E-state index >= 15 is 0 Å². The first kappa shape index (κ1) is 30.2. The molecule has 0 bridgehead atoms. The maximum absolute atomic E-state index is 13.9. The van der Waals surface area contributed by atoms with Crippen molar-refractivity contribution in [2.24, 2.45) is 7.05 Å². The maximum atomic E-state index is 13.9. The lowest BCUT2D eigenvalue weighted by atomic mass is 9.90. The van der Waals surface area contributed by atoms with Crippen LogP contribution in [-0.4, -0.2) is 70.5 Å². The Morgan fingerprint density at radius 3 is 2.36 bits per heavy atom. The molecule has 5 heterocycles. The fourth-order valence-corrected chi connectivity index (χ4v) is 5.95. The number of rotatable bonds is 6. The van der Waals surface area contributed by atoms with Crippen molar-refractivity contribution in [2.45, 2.75) is 31.4 Å². The molecular formula is C32H34F3N7O3. The van der Waals surface area contributed by atoms with Crippen LogP contribution in [0.25, 0.3) is 0 Å². The van der Waals surface area contributed by atoms with Crippen molar-refractivity contribution in [2.75, 3.05) is 54.4 Å². The van der Waals surface area contributed by atoms with Crippen LogP contribution in [0.5, 0.6) is 0 Å². The number of carbonyl (C=O) groups excluding carboxylic acids is 2. The molecule has 2 aliphatic rings. The summed E-state index contributed by atoms with van der Waals surface area (Å²) in [7, 11) is 1.84. The highest BCUT2D eigenvalue weighted by atomic mass is 19.4. The van der Waals surface area contributed by atoms with E-state index in [4.69, 9.17) is 4.42 Å². The number of amides is 2. The third kappa shape index (κ3) is 6.66. The molecule has 0 radical (unpaired) electrons. The third-order valence-corrected chi connectivity index (χ3v) is 8.40. The van der Waals surface area contributed by atoms with Crippen LogP contribution in [-0.2, 0) is 13.2 Å². The van der Waals surface area contributed by atoms with Gasteiger partial charge in [-0.2, -0.15) is 18.2 Å². The minimum Gasteiger partial charge on any atom is -0.417 e. The van der Waals surface area contributed by atoms with Crippen LogP contribution >= 0.6 is 0 Å². The molecule has 45 heavy (non-hydrogen) atoms. The summed E-state index contributed by atoms with van der Waals surface area (Å²) in [5, 5.41) is 2.47. The lowest BCUT2D eigenvalue weighted by molar-refractivity contribution is -0.141. The topological polar surface area (TPSA) is 99.7 Å². The highest BCUT2D eigenvalue weighted by molar-refractivity contribution is 6.03. The number of nitrogens with zero attached hydrogens (tertiary/aromatic N) is 6. The molecular weight excluding hydrogens is 587 g/mol. The number of alkyl halides is 3. The number of benzene rings is 1. The van der Waals surface area contributed by atoms with E-state index in [1.165, 1.54) is 11.8 Å². The zero-order chi connectivity index (χ0) is 31.6. The molecule has 1 N–H and O–H groups in total. The molecule has 2 amide bonds. The van der Waals surface area contributed by atoms with Gasteiger partial charge in [-0.25, -0.2) is 4.98 Å². The number of aromatic nitrogens is 3. The fourth-order valence-electron chi connectivity index (χ4n) is 5.95. The van der Waals surface area contributed by atoms with E-state index < -0.39 is 23.5 Å². The number of pyridine rings is 1. The summed E-state index contributed by atoms with van der Waals surface area (Å²) in [5.74, 6) is -1.04. The number of halogens is 3. The van der Waals surface area contributed by atoms with E-state index in [-0.39, 0.29) is 17.6 Å². The Bertz CT molecular complexity index is 1630.